The van der Waals surface area contributed by atoms with Gasteiger partial charge in [0.1, 0.15) is 0 Å². The van der Waals surface area contributed by atoms with Crippen LogP contribution in [0.2, 0.25) is 6.55 Å². The summed E-state index contributed by atoms with van der Waals surface area (Å²) in [4.78, 5) is 0. The van der Waals surface area contributed by atoms with E-state index >= 15 is 0 Å². The van der Waals surface area contributed by atoms with Gasteiger partial charge in [-0.25, -0.2) is 0 Å². The van der Waals surface area contributed by atoms with Gasteiger partial charge in [0.05, 0.1) is 0 Å². The summed E-state index contributed by atoms with van der Waals surface area (Å²) in [7, 11) is 0.983. The molecule has 1 unspecified atom stereocenters. The SMILES string of the molecule is C[Si]C1C(C)=C(C)c2c(C)cccc21. The minimum Gasteiger partial charge on any atom is -0.0724 e. The molecular formula is C13H16Si. The van der Waals surface area contributed by atoms with Crippen molar-refractivity contribution in [2.24, 2.45) is 0 Å². The Labute approximate surface area is 88.9 Å². The number of hydrogen-bond donors (Lipinski definition) is 0. The van der Waals surface area contributed by atoms with Crippen molar-refractivity contribution in [3.8, 4) is 0 Å². The molecule has 1 atom stereocenters. The van der Waals surface area contributed by atoms with Crippen LogP contribution in [0.15, 0.2) is 23.8 Å². The number of benzene rings is 1. The fourth-order valence-corrected chi connectivity index (χ4v) is 3.66. The fraction of sp³-hybridized carbons (Fsp3) is 0.385. The van der Waals surface area contributed by atoms with Crippen LogP contribution in [0.4, 0.5) is 0 Å². The smallest absolute Gasteiger partial charge is 0.0496 e. The molecule has 1 aliphatic carbocycles. The van der Waals surface area contributed by atoms with Crippen LogP contribution >= 0.6 is 0 Å². The molecule has 0 nitrogen and oxygen atoms in total. The third-order valence-corrected chi connectivity index (χ3v) is 4.63. The van der Waals surface area contributed by atoms with Crippen LogP contribution in [0.1, 0.15) is 36.1 Å². The number of allylic oxidation sites excluding steroid dienone is 2. The van der Waals surface area contributed by atoms with Gasteiger partial charge in [-0.1, -0.05) is 30.3 Å². The van der Waals surface area contributed by atoms with Gasteiger partial charge in [-0.2, -0.15) is 0 Å². The third-order valence-electron chi connectivity index (χ3n) is 3.30. The van der Waals surface area contributed by atoms with Crippen LogP contribution in [-0.4, -0.2) is 9.52 Å². The van der Waals surface area contributed by atoms with E-state index in [9.17, 15) is 0 Å². The van der Waals surface area contributed by atoms with E-state index in [2.05, 4.69) is 45.5 Å². The molecular weight excluding hydrogens is 184 g/mol. The van der Waals surface area contributed by atoms with Crippen molar-refractivity contribution in [2.45, 2.75) is 32.9 Å². The fourth-order valence-electron chi connectivity index (χ4n) is 2.46. The van der Waals surface area contributed by atoms with Gasteiger partial charge in [0.2, 0.25) is 0 Å². The lowest BCUT2D eigenvalue weighted by molar-refractivity contribution is 1.12. The van der Waals surface area contributed by atoms with E-state index in [1.165, 1.54) is 16.7 Å². The zero-order valence-electron chi connectivity index (χ0n) is 9.31. The maximum absolute atomic E-state index is 2.30. The summed E-state index contributed by atoms with van der Waals surface area (Å²) in [6.07, 6.45) is 0. The molecule has 0 saturated carbocycles. The zero-order chi connectivity index (χ0) is 10.3. The van der Waals surface area contributed by atoms with E-state index < -0.39 is 0 Å². The second kappa shape index (κ2) is 3.39. The van der Waals surface area contributed by atoms with Gasteiger partial charge in [-0.15, -0.1) is 0 Å². The molecule has 0 N–H and O–H groups in total. The standard InChI is InChI=1S/C13H16Si/c1-8-6-5-7-11-12(8)9(2)10(3)13(11)14-4/h5-7,13H,1-4H3. The van der Waals surface area contributed by atoms with Crippen molar-refractivity contribution in [3.63, 3.8) is 0 Å². The van der Waals surface area contributed by atoms with E-state index in [0.29, 0.717) is 5.54 Å². The van der Waals surface area contributed by atoms with Crippen molar-refractivity contribution >= 4 is 15.1 Å². The second-order valence-corrected chi connectivity index (χ2v) is 5.22. The highest BCUT2D eigenvalue weighted by molar-refractivity contribution is 6.38. The molecule has 1 aliphatic rings. The molecule has 0 aliphatic heterocycles. The number of fused-ring (bicyclic) bond motifs is 1. The number of rotatable bonds is 1. The van der Waals surface area contributed by atoms with Gasteiger partial charge >= 0.3 is 0 Å². The number of aryl methyl sites for hydroxylation is 1. The quantitative estimate of drug-likeness (QED) is 0.608. The molecule has 1 aromatic carbocycles. The van der Waals surface area contributed by atoms with E-state index in [-0.39, 0.29) is 0 Å². The summed E-state index contributed by atoms with van der Waals surface area (Å²) in [5.41, 5.74) is 8.29. The Morgan fingerprint density at radius 3 is 2.50 bits per heavy atom. The highest BCUT2D eigenvalue weighted by Gasteiger charge is 2.25. The molecule has 0 spiro atoms. The Hall–Kier alpha value is -0.823. The van der Waals surface area contributed by atoms with Gasteiger partial charge in [0.15, 0.2) is 0 Å². The van der Waals surface area contributed by atoms with Crippen molar-refractivity contribution in [3.05, 3.63) is 40.5 Å². The summed E-state index contributed by atoms with van der Waals surface area (Å²) in [6.45, 7) is 9.08. The summed E-state index contributed by atoms with van der Waals surface area (Å²) in [5.74, 6) is 0. The zero-order valence-corrected chi connectivity index (χ0v) is 10.3. The third kappa shape index (κ3) is 1.19. The van der Waals surface area contributed by atoms with Gasteiger partial charge in [0, 0.05) is 9.52 Å². The van der Waals surface area contributed by atoms with Crippen molar-refractivity contribution < 1.29 is 0 Å². The monoisotopic (exact) mass is 200 g/mol. The number of hydrogen-bond acceptors (Lipinski definition) is 0. The van der Waals surface area contributed by atoms with Crippen molar-refractivity contribution in [1.82, 2.24) is 0 Å². The van der Waals surface area contributed by atoms with Crippen LogP contribution in [-0.2, 0) is 0 Å². The summed E-state index contributed by atoms with van der Waals surface area (Å²) in [5, 5.41) is 0. The van der Waals surface area contributed by atoms with Crippen LogP contribution in [0.25, 0.3) is 5.57 Å². The molecule has 0 fully saturated rings. The second-order valence-electron chi connectivity index (χ2n) is 4.07. The Balaban J connectivity index is 2.66. The average Bonchev–Trinajstić information content (AvgIpc) is 2.41. The molecule has 0 amide bonds. The van der Waals surface area contributed by atoms with E-state index in [1.807, 2.05) is 0 Å². The predicted molar refractivity (Wildman–Crippen MR) is 63.8 cm³/mol. The maximum Gasteiger partial charge on any atom is 0.0496 e. The largest absolute Gasteiger partial charge is 0.0724 e. The maximum atomic E-state index is 2.30. The molecule has 0 aromatic heterocycles. The minimum atomic E-state index is 0.699. The van der Waals surface area contributed by atoms with Gasteiger partial charge in [-0.05, 0) is 48.6 Å². The predicted octanol–water partition coefficient (Wildman–Crippen LogP) is 3.60. The Morgan fingerprint density at radius 2 is 1.86 bits per heavy atom. The lowest BCUT2D eigenvalue weighted by Gasteiger charge is -2.11. The average molecular weight is 200 g/mol. The lowest BCUT2D eigenvalue weighted by Crippen LogP contribution is -2.03. The molecule has 1 aromatic rings. The lowest BCUT2D eigenvalue weighted by atomic mass is 10.0. The molecule has 0 bridgehead atoms. The summed E-state index contributed by atoms with van der Waals surface area (Å²) in [6, 6.07) is 6.70. The highest BCUT2D eigenvalue weighted by atomic mass is 28.2. The molecule has 2 radical (unpaired) electrons. The van der Waals surface area contributed by atoms with Crippen LogP contribution in [0.3, 0.4) is 0 Å². The first-order valence-electron chi connectivity index (χ1n) is 5.11. The van der Waals surface area contributed by atoms with Gasteiger partial charge < -0.3 is 0 Å². The Kier molecular flexibility index (Phi) is 2.36. The molecule has 2 rings (SSSR count). The molecule has 14 heavy (non-hydrogen) atoms. The topological polar surface area (TPSA) is 0 Å². The van der Waals surface area contributed by atoms with E-state index in [4.69, 9.17) is 0 Å². The van der Waals surface area contributed by atoms with Crippen LogP contribution in [0.5, 0.6) is 0 Å². The summed E-state index contributed by atoms with van der Waals surface area (Å²) >= 11 is 0. The molecule has 1 heteroatoms. The van der Waals surface area contributed by atoms with Crippen LogP contribution < -0.4 is 0 Å². The Morgan fingerprint density at radius 1 is 1.14 bits per heavy atom. The molecule has 72 valence electrons. The molecule has 0 saturated heterocycles. The first-order valence-corrected chi connectivity index (χ1v) is 6.69. The van der Waals surface area contributed by atoms with Crippen molar-refractivity contribution in [2.75, 3.05) is 0 Å². The van der Waals surface area contributed by atoms with Crippen LogP contribution in [0, 0.1) is 6.92 Å². The normalized spacial score (nSPS) is 20.1. The Bertz CT molecular complexity index is 402. The van der Waals surface area contributed by atoms with Gasteiger partial charge in [-0.3, -0.25) is 0 Å². The van der Waals surface area contributed by atoms with Crippen molar-refractivity contribution in [1.29, 1.82) is 0 Å². The highest BCUT2D eigenvalue weighted by Crippen LogP contribution is 2.42. The van der Waals surface area contributed by atoms with Gasteiger partial charge in [0.25, 0.3) is 0 Å². The van der Waals surface area contributed by atoms with E-state index in [0.717, 1.165) is 9.52 Å². The first-order chi connectivity index (χ1) is 6.66. The molecule has 0 heterocycles. The minimum absolute atomic E-state index is 0.699. The van der Waals surface area contributed by atoms with E-state index in [1.54, 1.807) is 11.1 Å². The summed E-state index contributed by atoms with van der Waals surface area (Å²) < 4.78 is 0. The first kappa shape index (κ1) is 9.72.